The van der Waals surface area contributed by atoms with Crippen molar-refractivity contribution in [2.45, 2.75) is 37.8 Å². The van der Waals surface area contributed by atoms with Crippen LogP contribution in [0.15, 0.2) is 23.1 Å². The molecule has 19 heavy (non-hydrogen) atoms. The van der Waals surface area contributed by atoms with E-state index in [0.29, 0.717) is 12.3 Å². The zero-order valence-corrected chi connectivity index (χ0v) is 12.7. The molecule has 0 aliphatic heterocycles. The lowest BCUT2D eigenvalue weighted by molar-refractivity contribution is 0.371. The highest BCUT2D eigenvalue weighted by Gasteiger charge is 2.27. The molecule has 6 heteroatoms. The van der Waals surface area contributed by atoms with Gasteiger partial charge in [-0.1, -0.05) is 13.0 Å². The van der Waals surface area contributed by atoms with Gasteiger partial charge in [0.15, 0.2) is 0 Å². The molecular formula is C13H22N2O3S. The predicted molar refractivity (Wildman–Crippen MR) is 75.6 cm³/mol. The number of benzene rings is 1. The number of rotatable bonds is 6. The van der Waals surface area contributed by atoms with Gasteiger partial charge < -0.3 is 10.5 Å². The van der Waals surface area contributed by atoms with Crippen molar-refractivity contribution >= 4 is 10.0 Å². The first kappa shape index (κ1) is 15.9. The van der Waals surface area contributed by atoms with Crippen LogP contribution in [-0.4, -0.2) is 32.9 Å². The Balaban J connectivity index is 3.28. The van der Waals surface area contributed by atoms with Crippen molar-refractivity contribution in [1.29, 1.82) is 0 Å². The third-order valence-corrected chi connectivity index (χ3v) is 5.34. The Morgan fingerprint density at radius 1 is 1.42 bits per heavy atom. The Morgan fingerprint density at radius 3 is 2.53 bits per heavy atom. The SMILES string of the molecule is CCC(C)N(C)S(=O)(=O)c1ccc(CN)cc1OC. The zero-order valence-electron chi connectivity index (χ0n) is 11.9. The van der Waals surface area contributed by atoms with Gasteiger partial charge in [-0.2, -0.15) is 4.31 Å². The van der Waals surface area contributed by atoms with E-state index in [1.807, 2.05) is 13.8 Å². The molecule has 0 radical (unpaired) electrons. The average molecular weight is 286 g/mol. The normalized spacial score (nSPS) is 13.6. The summed E-state index contributed by atoms with van der Waals surface area (Å²) in [6, 6.07) is 4.86. The Morgan fingerprint density at radius 2 is 2.05 bits per heavy atom. The minimum Gasteiger partial charge on any atom is -0.495 e. The molecule has 0 saturated carbocycles. The van der Waals surface area contributed by atoms with Crippen molar-refractivity contribution in [3.63, 3.8) is 0 Å². The molecule has 0 spiro atoms. The standard InChI is InChI=1S/C13H22N2O3S/c1-5-10(2)15(3)19(16,17)13-7-6-11(9-14)8-12(13)18-4/h6-8,10H,5,9,14H2,1-4H3. The number of hydrogen-bond acceptors (Lipinski definition) is 4. The number of hydrogen-bond donors (Lipinski definition) is 1. The molecule has 0 heterocycles. The smallest absolute Gasteiger partial charge is 0.246 e. The van der Waals surface area contributed by atoms with Gasteiger partial charge in [-0.15, -0.1) is 0 Å². The minimum atomic E-state index is -3.55. The maximum Gasteiger partial charge on any atom is 0.246 e. The van der Waals surface area contributed by atoms with Crippen LogP contribution in [0.5, 0.6) is 5.75 Å². The quantitative estimate of drug-likeness (QED) is 0.861. The first-order valence-electron chi connectivity index (χ1n) is 6.23. The van der Waals surface area contributed by atoms with Crippen LogP contribution in [0.3, 0.4) is 0 Å². The van der Waals surface area contributed by atoms with E-state index in [9.17, 15) is 8.42 Å². The molecule has 108 valence electrons. The van der Waals surface area contributed by atoms with Gasteiger partial charge in [-0.05, 0) is 31.0 Å². The molecule has 1 aromatic carbocycles. The summed E-state index contributed by atoms with van der Waals surface area (Å²) in [6.07, 6.45) is 0.749. The highest BCUT2D eigenvalue weighted by atomic mass is 32.2. The third-order valence-electron chi connectivity index (χ3n) is 3.33. The molecule has 5 nitrogen and oxygen atoms in total. The van der Waals surface area contributed by atoms with Crippen molar-refractivity contribution in [1.82, 2.24) is 4.31 Å². The lowest BCUT2D eigenvalue weighted by Crippen LogP contribution is -2.34. The number of nitrogens with zero attached hydrogens (tertiary/aromatic N) is 1. The molecule has 0 aliphatic carbocycles. The fraction of sp³-hybridized carbons (Fsp3) is 0.538. The van der Waals surface area contributed by atoms with E-state index in [2.05, 4.69) is 0 Å². The number of sulfonamides is 1. The molecule has 0 aliphatic rings. The summed E-state index contributed by atoms with van der Waals surface area (Å²) in [4.78, 5) is 0.176. The van der Waals surface area contributed by atoms with Gasteiger partial charge in [0.25, 0.3) is 0 Å². The van der Waals surface area contributed by atoms with Gasteiger partial charge in [0.05, 0.1) is 7.11 Å². The second-order valence-electron chi connectivity index (χ2n) is 4.47. The van der Waals surface area contributed by atoms with Crippen LogP contribution in [0.2, 0.25) is 0 Å². The molecule has 0 aromatic heterocycles. The number of nitrogens with two attached hydrogens (primary N) is 1. The first-order chi connectivity index (χ1) is 8.88. The van der Waals surface area contributed by atoms with Crippen LogP contribution in [0.1, 0.15) is 25.8 Å². The van der Waals surface area contributed by atoms with E-state index < -0.39 is 10.0 Å². The average Bonchev–Trinajstić information content (AvgIpc) is 2.44. The van der Waals surface area contributed by atoms with Crippen molar-refractivity contribution in [3.8, 4) is 5.75 Å². The lowest BCUT2D eigenvalue weighted by Gasteiger charge is -2.24. The summed E-state index contributed by atoms with van der Waals surface area (Å²) in [7, 11) is -0.511. The van der Waals surface area contributed by atoms with Crippen LogP contribution >= 0.6 is 0 Å². The van der Waals surface area contributed by atoms with Gasteiger partial charge in [0.1, 0.15) is 10.6 Å². The Kier molecular flexibility index (Phi) is 5.34. The summed E-state index contributed by atoms with van der Waals surface area (Å²) < 4.78 is 31.6. The monoisotopic (exact) mass is 286 g/mol. The van der Waals surface area contributed by atoms with Crippen LogP contribution in [0.4, 0.5) is 0 Å². The molecule has 0 fully saturated rings. The van der Waals surface area contributed by atoms with Gasteiger partial charge in [0, 0.05) is 19.6 Å². The summed E-state index contributed by atoms with van der Waals surface area (Å²) >= 11 is 0. The van der Waals surface area contributed by atoms with Gasteiger partial charge in [-0.3, -0.25) is 0 Å². The summed E-state index contributed by atoms with van der Waals surface area (Å²) in [5.74, 6) is 0.332. The molecule has 1 aromatic rings. The highest BCUT2D eigenvalue weighted by molar-refractivity contribution is 7.89. The van der Waals surface area contributed by atoms with Crippen molar-refractivity contribution in [2.75, 3.05) is 14.2 Å². The molecule has 2 N–H and O–H groups in total. The zero-order chi connectivity index (χ0) is 14.6. The number of ether oxygens (including phenoxy) is 1. The van der Waals surface area contributed by atoms with Gasteiger partial charge in [-0.25, -0.2) is 8.42 Å². The molecule has 1 unspecified atom stereocenters. The Hall–Kier alpha value is -1.11. The topological polar surface area (TPSA) is 72.6 Å². The molecule has 0 amide bonds. The van der Waals surface area contributed by atoms with E-state index in [-0.39, 0.29) is 10.9 Å². The van der Waals surface area contributed by atoms with Gasteiger partial charge >= 0.3 is 0 Å². The first-order valence-corrected chi connectivity index (χ1v) is 7.67. The Labute approximate surface area is 115 Å². The van der Waals surface area contributed by atoms with Crippen LogP contribution in [0, 0.1) is 0 Å². The second-order valence-corrected chi connectivity index (χ2v) is 6.43. The molecular weight excluding hydrogens is 264 g/mol. The highest BCUT2D eigenvalue weighted by Crippen LogP contribution is 2.28. The van der Waals surface area contributed by atoms with E-state index in [1.165, 1.54) is 11.4 Å². The fourth-order valence-corrected chi connectivity index (χ4v) is 3.27. The fourth-order valence-electron chi connectivity index (χ4n) is 1.70. The predicted octanol–water partition coefficient (Wildman–Crippen LogP) is 1.57. The minimum absolute atomic E-state index is 0.0658. The van der Waals surface area contributed by atoms with Crippen LogP contribution < -0.4 is 10.5 Å². The van der Waals surface area contributed by atoms with Crippen molar-refractivity contribution in [2.24, 2.45) is 5.73 Å². The van der Waals surface area contributed by atoms with Crippen LogP contribution in [0.25, 0.3) is 0 Å². The molecule has 1 rings (SSSR count). The van der Waals surface area contributed by atoms with Crippen molar-refractivity contribution in [3.05, 3.63) is 23.8 Å². The van der Waals surface area contributed by atoms with E-state index in [1.54, 1.807) is 25.2 Å². The molecule has 0 saturated heterocycles. The largest absolute Gasteiger partial charge is 0.495 e. The summed E-state index contributed by atoms with van der Waals surface area (Å²) in [6.45, 7) is 4.17. The third kappa shape index (κ3) is 3.26. The van der Waals surface area contributed by atoms with E-state index in [4.69, 9.17) is 10.5 Å². The van der Waals surface area contributed by atoms with Gasteiger partial charge in [0.2, 0.25) is 10.0 Å². The maximum absolute atomic E-state index is 12.5. The number of methoxy groups -OCH3 is 1. The van der Waals surface area contributed by atoms with Crippen molar-refractivity contribution < 1.29 is 13.2 Å². The second kappa shape index (κ2) is 6.36. The summed E-state index contributed by atoms with van der Waals surface area (Å²) in [5, 5.41) is 0. The summed E-state index contributed by atoms with van der Waals surface area (Å²) in [5.41, 5.74) is 6.38. The molecule has 1 atom stereocenters. The Bertz CT molecular complexity index is 529. The lowest BCUT2D eigenvalue weighted by atomic mass is 10.2. The van der Waals surface area contributed by atoms with E-state index in [0.717, 1.165) is 12.0 Å². The molecule has 0 bridgehead atoms. The van der Waals surface area contributed by atoms with E-state index >= 15 is 0 Å². The van der Waals surface area contributed by atoms with Crippen LogP contribution in [-0.2, 0) is 16.6 Å². The maximum atomic E-state index is 12.5.